The van der Waals surface area contributed by atoms with E-state index in [-0.39, 0.29) is 18.7 Å². The third-order valence-electron chi connectivity index (χ3n) is 3.84. The van der Waals surface area contributed by atoms with Crippen molar-refractivity contribution >= 4 is 17.6 Å². The van der Waals surface area contributed by atoms with Gasteiger partial charge < -0.3 is 24.4 Å². The summed E-state index contributed by atoms with van der Waals surface area (Å²) in [5.74, 6) is -0.252. The number of carboxylic acid groups (broad SMARTS) is 1. The predicted octanol–water partition coefficient (Wildman–Crippen LogP) is 0.264. The van der Waals surface area contributed by atoms with Crippen LogP contribution in [0.25, 0.3) is 0 Å². The van der Waals surface area contributed by atoms with Gasteiger partial charge in [-0.05, 0) is 37.1 Å². The first-order valence-corrected chi connectivity index (χ1v) is 7.47. The summed E-state index contributed by atoms with van der Waals surface area (Å²) in [6, 6.07) is 7.87. The molecule has 0 N–H and O–H groups in total. The summed E-state index contributed by atoms with van der Waals surface area (Å²) >= 11 is 0. The number of ether oxygens (including phenoxy) is 1. The fraction of sp³-hybridized carbons (Fsp3) is 0.500. The fourth-order valence-electron chi connectivity index (χ4n) is 2.55. The van der Waals surface area contributed by atoms with Crippen LogP contribution in [-0.2, 0) is 9.59 Å². The zero-order valence-electron chi connectivity index (χ0n) is 12.8. The van der Waals surface area contributed by atoms with Crippen molar-refractivity contribution in [3.05, 3.63) is 24.3 Å². The molecule has 120 valence electrons. The van der Waals surface area contributed by atoms with Gasteiger partial charge in [0.2, 0.25) is 5.91 Å². The summed E-state index contributed by atoms with van der Waals surface area (Å²) < 4.78 is 5.14. The molecule has 2 rings (SSSR count). The molecule has 0 bridgehead atoms. The van der Waals surface area contributed by atoms with Crippen molar-refractivity contribution < 1.29 is 19.4 Å². The number of aliphatic carboxylic acids is 1. The maximum atomic E-state index is 12.0. The van der Waals surface area contributed by atoms with Gasteiger partial charge >= 0.3 is 0 Å². The van der Waals surface area contributed by atoms with E-state index in [4.69, 9.17) is 4.74 Å². The minimum absolute atomic E-state index is 0.0237. The van der Waals surface area contributed by atoms with Crippen LogP contribution in [0.1, 0.15) is 19.3 Å². The van der Waals surface area contributed by atoms with Crippen LogP contribution in [0.3, 0.4) is 0 Å². The minimum Gasteiger partial charge on any atom is -0.550 e. The van der Waals surface area contributed by atoms with Crippen LogP contribution in [-0.4, -0.2) is 50.1 Å². The van der Waals surface area contributed by atoms with E-state index >= 15 is 0 Å². The fourth-order valence-corrected chi connectivity index (χ4v) is 2.55. The van der Waals surface area contributed by atoms with Crippen LogP contribution in [0.4, 0.5) is 5.69 Å². The SMILES string of the molecule is COc1ccc(N2CCN(C(=O)CCCC(=O)[O-])CC2)cc1. The van der Waals surface area contributed by atoms with Crippen LogP contribution in [0.15, 0.2) is 24.3 Å². The molecule has 1 fully saturated rings. The van der Waals surface area contributed by atoms with Gasteiger partial charge in [-0.15, -0.1) is 0 Å². The van der Waals surface area contributed by atoms with E-state index in [1.54, 1.807) is 12.0 Å². The molecule has 1 aliphatic heterocycles. The third-order valence-corrected chi connectivity index (χ3v) is 3.84. The molecule has 6 heteroatoms. The average Bonchev–Trinajstić information content (AvgIpc) is 2.54. The number of rotatable bonds is 6. The average molecular weight is 305 g/mol. The van der Waals surface area contributed by atoms with Gasteiger partial charge in [-0.25, -0.2) is 0 Å². The Hall–Kier alpha value is -2.24. The number of hydrogen-bond acceptors (Lipinski definition) is 5. The Morgan fingerprint density at radius 1 is 1.09 bits per heavy atom. The molecule has 0 aliphatic carbocycles. The zero-order valence-corrected chi connectivity index (χ0v) is 12.8. The number of amides is 1. The highest BCUT2D eigenvalue weighted by Crippen LogP contribution is 2.20. The first kappa shape index (κ1) is 16.1. The maximum absolute atomic E-state index is 12.0. The van der Waals surface area contributed by atoms with E-state index in [1.165, 1.54) is 0 Å². The summed E-state index contributed by atoms with van der Waals surface area (Å²) in [5, 5.41) is 10.4. The highest BCUT2D eigenvalue weighted by atomic mass is 16.5. The summed E-state index contributed by atoms with van der Waals surface area (Å²) in [4.78, 5) is 26.4. The topological polar surface area (TPSA) is 72.9 Å². The zero-order chi connectivity index (χ0) is 15.9. The molecular formula is C16H21N2O4-. The molecule has 1 aromatic rings. The Labute approximate surface area is 130 Å². The standard InChI is InChI=1S/C16H22N2O4/c1-22-14-7-5-13(6-8-14)17-9-11-18(12-10-17)15(19)3-2-4-16(20)21/h5-8H,2-4,9-12H2,1H3,(H,20,21)/p-1. The summed E-state index contributed by atoms with van der Waals surface area (Å²) in [5.41, 5.74) is 1.12. The van der Waals surface area contributed by atoms with Crippen LogP contribution >= 0.6 is 0 Å². The van der Waals surface area contributed by atoms with Gasteiger partial charge in [-0.1, -0.05) is 0 Å². The number of carboxylic acids is 1. The van der Waals surface area contributed by atoms with E-state index in [0.717, 1.165) is 24.5 Å². The number of anilines is 1. The highest BCUT2D eigenvalue weighted by molar-refractivity contribution is 5.77. The van der Waals surface area contributed by atoms with E-state index in [1.807, 2.05) is 24.3 Å². The molecule has 1 saturated heterocycles. The number of nitrogens with zero attached hydrogens (tertiary/aromatic N) is 2. The number of carbonyl (C=O) groups is 2. The molecule has 6 nitrogen and oxygen atoms in total. The lowest BCUT2D eigenvalue weighted by Crippen LogP contribution is -2.48. The maximum Gasteiger partial charge on any atom is 0.222 e. The number of hydrogen-bond donors (Lipinski definition) is 0. The van der Waals surface area contributed by atoms with Crippen LogP contribution in [0.2, 0.25) is 0 Å². The summed E-state index contributed by atoms with van der Waals surface area (Å²) in [7, 11) is 1.64. The van der Waals surface area contributed by atoms with Crippen molar-refractivity contribution in [3.8, 4) is 5.75 Å². The van der Waals surface area contributed by atoms with Crippen molar-refractivity contribution in [3.63, 3.8) is 0 Å². The Bertz CT molecular complexity index is 507. The predicted molar refractivity (Wildman–Crippen MR) is 80.6 cm³/mol. The third kappa shape index (κ3) is 4.38. The molecule has 1 aliphatic rings. The first-order chi connectivity index (χ1) is 10.6. The van der Waals surface area contributed by atoms with Crippen molar-refractivity contribution in [2.45, 2.75) is 19.3 Å². The van der Waals surface area contributed by atoms with Crippen LogP contribution < -0.4 is 14.7 Å². The summed E-state index contributed by atoms with van der Waals surface area (Å²) in [6.07, 6.45) is 0.563. The molecule has 22 heavy (non-hydrogen) atoms. The van der Waals surface area contributed by atoms with Gasteiger partial charge in [0.25, 0.3) is 0 Å². The smallest absolute Gasteiger partial charge is 0.222 e. The van der Waals surface area contributed by atoms with Crippen molar-refractivity contribution in [1.82, 2.24) is 4.90 Å². The Kier molecular flexibility index (Phi) is 5.63. The van der Waals surface area contributed by atoms with Gasteiger partial charge in [0.05, 0.1) is 7.11 Å². The number of piperazine rings is 1. The monoisotopic (exact) mass is 305 g/mol. The lowest BCUT2D eigenvalue weighted by Gasteiger charge is -2.36. The molecule has 0 spiro atoms. The molecule has 0 aromatic heterocycles. The van der Waals surface area contributed by atoms with Crippen molar-refractivity contribution in [2.75, 3.05) is 38.2 Å². The van der Waals surface area contributed by atoms with E-state index in [2.05, 4.69) is 4.90 Å². The van der Waals surface area contributed by atoms with Gasteiger partial charge in [-0.2, -0.15) is 0 Å². The van der Waals surface area contributed by atoms with Crippen molar-refractivity contribution in [2.24, 2.45) is 0 Å². The Morgan fingerprint density at radius 3 is 2.27 bits per heavy atom. The van der Waals surface area contributed by atoms with Gasteiger partial charge in [0.1, 0.15) is 5.75 Å². The quantitative estimate of drug-likeness (QED) is 0.754. The van der Waals surface area contributed by atoms with Crippen LogP contribution in [0.5, 0.6) is 5.75 Å². The Balaban J connectivity index is 1.79. The normalized spacial score (nSPS) is 14.8. The molecule has 1 heterocycles. The lowest BCUT2D eigenvalue weighted by molar-refractivity contribution is -0.305. The number of carbonyl (C=O) groups excluding carboxylic acids is 2. The molecular weight excluding hydrogens is 284 g/mol. The molecule has 0 radical (unpaired) electrons. The highest BCUT2D eigenvalue weighted by Gasteiger charge is 2.20. The van der Waals surface area contributed by atoms with Gasteiger partial charge in [-0.3, -0.25) is 4.79 Å². The number of methoxy groups -OCH3 is 1. The summed E-state index contributed by atoms with van der Waals surface area (Å²) in [6.45, 7) is 2.88. The molecule has 1 amide bonds. The second-order valence-corrected chi connectivity index (χ2v) is 5.29. The van der Waals surface area contributed by atoms with Crippen LogP contribution in [0, 0.1) is 0 Å². The lowest BCUT2D eigenvalue weighted by atomic mass is 10.2. The second-order valence-electron chi connectivity index (χ2n) is 5.29. The van der Waals surface area contributed by atoms with Gasteiger partial charge in [0.15, 0.2) is 0 Å². The van der Waals surface area contributed by atoms with E-state index in [0.29, 0.717) is 19.5 Å². The molecule has 0 atom stereocenters. The number of benzene rings is 1. The minimum atomic E-state index is -1.10. The van der Waals surface area contributed by atoms with Gasteiger partial charge in [0, 0.05) is 44.3 Å². The van der Waals surface area contributed by atoms with E-state index < -0.39 is 5.97 Å². The van der Waals surface area contributed by atoms with Crippen molar-refractivity contribution in [1.29, 1.82) is 0 Å². The second kappa shape index (κ2) is 7.68. The Morgan fingerprint density at radius 2 is 1.73 bits per heavy atom. The molecule has 0 unspecified atom stereocenters. The van der Waals surface area contributed by atoms with E-state index in [9.17, 15) is 14.7 Å². The molecule has 0 saturated carbocycles. The largest absolute Gasteiger partial charge is 0.550 e. The molecule has 1 aromatic carbocycles. The first-order valence-electron chi connectivity index (χ1n) is 7.47.